The SMILES string of the molecule is O=C(O)NC1C=CCNCCC1. The molecule has 0 radical (unpaired) electrons. The highest BCUT2D eigenvalue weighted by Gasteiger charge is 2.07. The van der Waals surface area contributed by atoms with Crippen molar-refractivity contribution < 1.29 is 9.90 Å². The molecule has 0 aromatic carbocycles. The smallest absolute Gasteiger partial charge is 0.405 e. The van der Waals surface area contributed by atoms with Gasteiger partial charge in [-0.25, -0.2) is 4.79 Å². The van der Waals surface area contributed by atoms with E-state index in [2.05, 4.69) is 10.6 Å². The molecule has 0 saturated carbocycles. The van der Waals surface area contributed by atoms with Crippen molar-refractivity contribution in [1.82, 2.24) is 10.6 Å². The van der Waals surface area contributed by atoms with Gasteiger partial charge in [-0.05, 0) is 19.4 Å². The van der Waals surface area contributed by atoms with Gasteiger partial charge in [0, 0.05) is 6.54 Å². The Hall–Kier alpha value is -1.03. The summed E-state index contributed by atoms with van der Waals surface area (Å²) < 4.78 is 0. The monoisotopic (exact) mass is 170 g/mol. The number of hydrogen-bond donors (Lipinski definition) is 3. The minimum absolute atomic E-state index is 0.00963. The Morgan fingerprint density at radius 1 is 1.67 bits per heavy atom. The van der Waals surface area contributed by atoms with Crippen molar-refractivity contribution in [2.24, 2.45) is 0 Å². The maximum absolute atomic E-state index is 10.3. The molecule has 1 heterocycles. The summed E-state index contributed by atoms with van der Waals surface area (Å²) in [5.74, 6) is 0. The molecule has 1 aliphatic rings. The normalized spacial score (nSPS) is 24.2. The molecule has 0 aromatic heterocycles. The van der Waals surface area contributed by atoms with E-state index in [1.54, 1.807) is 0 Å². The number of rotatable bonds is 1. The number of carbonyl (C=O) groups is 1. The van der Waals surface area contributed by atoms with Crippen molar-refractivity contribution in [3.05, 3.63) is 12.2 Å². The van der Waals surface area contributed by atoms with Crippen molar-refractivity contribution in [3.63, 3.8) is 0 Å². The molecular formula is C8H14N2O2. The third-order valence-corrected chi connectivity index (χ3v) is 1.81. The lowest BCUT2D eigenvalue weighted by molar-refractivity contribution is 0.191. The highest BCUT2D eigenvalue weighted by Crippen LogP contribution is 2.00. The Bertz CT molecular complexity index is 180. The van der Waals surface area contributed by atoms with Crippen LogP contribution in [-0.2, 0) is 0 Å². The highest BCUT2D eigenvalue weighted by molar-refractivity contribution is 5.65. The first-order valence-electron chi connectivity index (χ1n) is 4.16. The van der Waals surface area contributed by atoms with Gasteiger partial charge in [-0.3, -0.25) is 0 Å². The summed E-state index contributed by atoms with van der Waals surface area (Å²) in [5.41, 5.74) is 0. The maximum atomic E-state index is 10.3. The molecule has 1 aliphatic heterocycles. The van der Waals surface area contributed by atoms with Crippen molar-refractivity contribution in [3.8, 4) is 0 Å². The van der Waals surface area contributed by atoms with E-state index in [0.29, 0.717) is 0 Å². The molecule has 0 fully saturated rings. The first-order chi connectivity index (χ1) is 5.79. The Morgan fingerprint density at radius 3 is 3.25 bits per heavy atom. The molecular weight excluding hydrogens is 156 g/mol. The van der Waals surface area contributed by atoms with Gasteiger partial charge in [-0.2, -0.15) is 0 Å². The Balaban J connectivity index is 2.38. The predicted molar refractivity (Wildman–Crippen MR) is 46.2 cm³/mol. The Morgan fingerprint density at radius 2 is 2.50 bits per heavy atom. The number of carboxylic acid groups (broad SMARTS) is 1. The second-order valence-electron chi connectivity index (χ2n) is 2.83. The summed E-state index contributed by atoms with van der Waals surface area (Å²) in [7, 11) is 0. The lowest BCUT2D eigenvalue weighted by atomic mass is 10.1. The molecule has 3 N–H and O–H groups in total. The van der Waals surface area contributed by atoms with Crippen LogP contribution in [0.15, 0.2) is 12.2 Å². The van der Waals surface area contributed by atoms with Crippen molar-refractivity contribution in [2.75, 3.05) is 13.1 Å². The van der Waals surface area contributed by atoms with Gasteiger partial charge in [0.15, 0.2) is 0 Å². The average molecular weight is 170 g/mol. The molecule has 0 bridgehead atoms. The molecule has 0 aromatic rings. The zero-order valence-corrected chi connectivity index (χ0v) is 6.92. The van der Waals surface area contributed by atoms with E-state index in [0.717, 1.165) is 25.9 Å². The number of nitrogens with one attached hydrogen (secondary N) is 2. The highest BCUT2D eigenvalue weighted by atomic mass is 16.4. The molecule has 1 atom stereocenters. The molecule has 1 rings (SSSR count). The quantitative estimate of drug-likeness (QED) is 0.504. The Labute approximate surface area is 71.7 Å². The third-order valence-electron chi connectivity index (χ3n) is 1.81. The summed E-state index contributed by atoms with van der Waals surface area (Å²) in [6.45, 7) is 1.79. The fourth-order valence-electron chi connectivity index (χ4n) is 1.24. The van der Waals surface area contributed by atoms with Gasteiger partial charge in [-0.1, -0.05) is 12.2 Å². The van der Waals surface area contributed by atoms with Gasteiger partial charge in [0.2, 0.25) is 0 Å². The van der Waals surface area contributed by atoms with E-state index in [4.69, 9.17) is 5.11 Å². The van der Waals surface area contributed by atoms with E-state index in [1.165, 1.54) is 0 Å². The van der Waals surface area contributed by atoms with Gasteiger partial charge >= 0.3 is 6.09 Å². The second kappa shape index (κ2) is 4.77. The van der Waals surface area contributed by atoms with Crippen LogP contribution in [0.5, 0.6) is 0 Å². The minimum atomic E-state index is -0.946. The summed E-state index contributed by atoms with van der Waals surface area (Å²) in [6.07, 6.45) is 4.80. The summed E-state index contributed by atoms with van der Waals surface area (Å²) >= 11 is 0. The van der Waals surface area contributed by atoms with Crippen LogP contribution in [0, 0.1) is 0 Å². The molecule has 4 nitrogen and oxygen atoms in total. The van der Waals surface area contributed by atoms with E-state index in [1.807, 2.05) is 12.2 Å². The van der Waals surface area contributed by atoms with E-state index in [9.17, 15) is 4.79 Å². The van der Waals surface area contributed by atoms with Crippen LogP contribution >= 0.6 is 0 Å². The third kappa shape index (κ3) is 3.39. The van der Waals surface area contributed by atoms with Crippen LogP contribution in [0.25, 0.3) is 0 Å². The van der Waals surface area contributed by atoms with Crippen molar-refractivity contribution in [2.45, 2.75) is 18.9 Å². The fourth-order valence-corrected chi connectivity index (χ4v) is 1.24. The van der Waals surface area contributed by atoms with Crippen molar-refractivity contribution >= 4 is 6.09 Å². The van der Waals surface area contributed by atoms with Crippen LogP contribution < -0.4 is 10.6 Å². The standard InChI is InChI=1S/C8H14N2O2/c11-8(12)10-7-3-1-5-9-6-2-4-7/h1,3,7,9-10H,2,4-6H2,(H,11,12). The second-order valence-corrected chi connectivity index (χ2v) is 2.83. The zero-order valence-electron chi connectivity index (χ0n) is 6.92. The molecule has 0 saturated heterocycles. The molecule has 0 aliphatic carbocycles. The van der Waals surface area contributed by atoms with E-state index in [-0.39, 0.29) is 6.04 Å². The van der Waals surface area contributed by atoms with Crippen LogP contribution in [0.1, 0.15) is 12.8 Å². The van der Waals surface area contributed by atoms with Crippen molar-refractivity contribution in [1.29, 1.82) is 0 Å². The van der Waals surface area contributed by atoms with Gasteiger partial charge in [-0.15, -0.1) is 0 Å². The van der Waals surface area contributed by atoms with E-state index < -0.39 is 6.09 Å². The molecule has 1 amide bonds. The van der Waals surface area contributed by atoms with Gasteiger partial charge in [0.1, 0.15) is 0 Å². The number of amides is 1. The predicted octanol–water partition coefficient (Wildman–Crippen LogP) is 0.562. The molecule has 12 heavy (non-hydrogen) atoms. The lowest BCUT2D eigenvalue weighted by Crippen LogP contribution is -2.34. The van der Waals surface area contributed by atoms with Crippen LogP contribution in [0.3, 0.4) is 0 Å². The molecule has 1 unspecified atom stereocenters. The Kier molecular flexibility index (Phi) is 3.60. The minimum Gasteiger partial charge on any atom is -0.465 e. The average Bonchev–Trinajstić information content (AvgIpc) is 1.93. The van der Waals surface area contributed by atoms with Crippen LogP contribution in [-0.4, -0.2) is 30.3 Å². The first kappa shape index (κ1) is 9.06. The van der Waals surface area contributed by atoms with E-state index >= 15 is 0 Å². The zero-order chi connectivity index (χ0) is 8.81. The number of hydrogen-bond acceptors (Lipinski definition) is 2. The first-order valence-corrected chi connectivity index (χ1v) is 4.16. The summed E-state index contributed by atoms with van der Waals surface area (Å²) in [5, 5.41) is 14.1. The largest absolute Gasteiger partial charge is 0.465 e. The lowest BCUT2D eigenvalue weighted by Gasteiger charge is -2.15. The fraction of sp³-hybridized carbons (Fsp3) is 0.625. The van der Waals surface area contributed by atoms with Crippen LogP contribution in [0.2, 0.25) is 0 Å². The van der Waals surface area contributed by atoms with Gasteiger partial charge in [0.25, 0.3) is 0 Å². The maximum Gasteiger partial charge on any atom is 0.405 e. The molecule has 4 heteroatoms. The van der Waals surface area contributed by atoms with Gasteiger partial charge < -0.3 is 15.7 Å². The molecule has 0 spiro atoms. The summed E-state index contributed by atoms with van der Waals surface area (Å²) in [4.78, 5) is 10.3. The topological polar surface area (TPSA) is 61.4 Å². The summed E-state index contributed by atoms with van der Waals surface area (Å²) in [6, 6.07) is -0.00963. The molecule has 68 valence electrons. The van der Waals surface area contributed by atoms with Crippen LogP contribution in [0.4, 0.5) is 4.79 Å². The van der Waals surface area contributed by atoms with Gasteiger partial charge in [0.05, 0.1) is 6.04 Å².